The third kappa shape index (κ3) is 5.13. The van der Waals surface area contributed by atoms with Crippen molar-refractivity contribution in [2.45, 2.75) is 19.3 Å². The molecule has 0 saturated carbocycles. The van der Waals surface area contributed by atoms with Crippen LogP contribution < -0.4 is 9.64 Å². The normalized spacial score (nSPS) is 13.2. The lowest BCUT2D eigenvalue weighted by Crippen LogP contribution is -2.16. The molecule has 0 N–H and O–H groups in total. The molecule has 2 nitrogen and oxygen atoms in total. The number of benzene rings is 10. The van der Waals surface area contributed by atoms with Crippen LogP contribution in [0.25, 0.3) is 76.8 Å². The van der Waals surface area contributed by atoms with Crippen LogP contribution in [0.2, 0.25) is 0 Å². The highest BCUT2D eigenvalue weighted by atomic mass is 16.5. The molecule has 0 atom stereocenters. The fourth-order valence-corrected chi connectivity index (χ4v) is 9.98. The van der Waals surface area contributed by atoms with E-state index < -0.39 is 0 Å². The first-order valence-electron chi connectivity index (χ1n) is 20.5. The smallest absolute Gasteiger partial charge is 0.137 e. The van der Waals surface area contributed by atoms with E-state index >= 15 is 0 Å². The van der Waals surface area contributed by atoms with E-state index in [1.807, 2.05) is 0 Å². The van der Waals surface area contributed by atoms with E-state index in [1.165, 1.54) is 65.9 Å². The van der Waals surface area contributed by atoms with E-state index in [0.29, 0.717) is 0 Å². The van der Waals surface area contributed by atoms with Crippen LogP contribution in [0.5, 0.6) is 11.5 Å². The average Bonchev–Trinajstić information content (AvgIpc) is 3.42. The van der Waals surface area contributed by atoms with Crippen molar-refractivity contribution in [1.29, 1.82) is 0 Å². The Bertz CT molecular complexity index is 3340. The largest absolute Gasteiger partial charge is 0.456 e. The third-order valence-corrected chi connectivity index (χ3v) is 12.8. The van der Waals surface area contributed by atoms with Crippen molar-refractivity contribution in [3.63, 3.8) is 0 Å². The molecule has 0 aromatic heterocycles. The summed E-state index contributed by atoms with van der Waals surface area (Å²) in [6, 6.07) is 73.2. The quantitative estimate of drug-likeness (QED) is 0.166. The van der Waals surface area contributed by atoms with Crippen molar-refractivity contribution in [2.75, 3.05) is 4.90 Å². The lowest BCUT2D eigenvalue weighted by Gasteiger charge is -2.30. The molecule has 0 amide bonds. The first-order chi connectivity index (χ1) is 29.0. The van der Waals surface area contributed by atoms with Crippen LogP contribution in [0.1, 0.15) is 25.0 Å². The molecule has 0 spiro atoms. The SMILES string of the molecule is CC1(C)c2ccccc2-c2ccc(N(c3ccc4c(c3)Oc3cc5ccccc5cc3-c3c(-c5ccccc5)cccc3-4)c3cc4ccccc4c4ccccc34)cc21. The number of fused-ring (bicyclic) bond motifs is 12. The first-order valence-corrected chi connectivity index (χ1v) is 20.5. The summed E-state index contributed by atoms with van der Waals surface area (Å²) in [7, 11) is 0. The molecule has 0 fully saturated rings. The minimum absolute atomic E-state index is 0.150. The maximum atomic E-state index is 7.23. The molecule has 12 rings (SSSR count). The molecular formula is C57H39NO. The summed E-state index contributed by atoms with van der Waals surface area (Å²) >= 11 is 0. The Balaban J connectivity index is 1.12. The number of hydrogen-bond donors (Lipinski definition) is 0. The lowest BCUT2D eigenvalue weighted by atomic mass is 9.82. The first kappa shape index (κ1) is 33.7. The number of nitrogens with zero attached hydrogens (tertiary/aromatic N) is 1. The average molecular weight is 754 g/mol. The summed E-state index contributed by atoms with van der Waals surface area (Å²) < 4.78 is 7.23. The van der Waals surface area contributed by atoms with Crippen molar-refractivity contribution in [3.05, 3.63) is 211 Å². The van der Waals surface area contributed by atoms with Crippen LogP contribution in [0.15, 0.2) is 200 Å². The van der Waals surface area contributed by atoms with Crippen molar-refractivity contribution in [3.8, 4) is 56.0 Å². The van der Waals surface area contributed by atoms with Crippen molar-refractivity contribution < 1.29 is 4.74 Å². The zero-order valence-corrected chi connectivity index (χ0v) is 32.9. The maximum Gasteiger partial charge on any atom is 0.137 e. The van der Waals surface area contributed by atoms with Gasteiger partial charge in [0.25, 0.3) is 0 Å². The number of hydrogen-bond acceptors (Lipinski definition) is 2. The van der Waals surface area contributed by atoms with Gasteiger partial charge < -0.3 is 9.64 Å². The fourth-order valence-electron chi connectivity index (χ4n) is 9.98. The molecule has 2 aliphatic rings. The van der Waals surface area contributed by atoms with Gasteiger partial charge in [-0.3, -0.25) is 0 Å². The predicted molar refractivity (Wildman–Crippen MR) is 248 cm³/mol. The van der Waals surface area contributed by atoms with Crippen LogP contribution in [-0.4, -0.2) is 0 Å². The van der Waals surface area contributed by atoms with Crippen LogP contribution in [0.4, 0.5) is 17.1 Å². The summed E-state index contributed by atoms with van der Waals surface area (Å²) in [5.74, 6) is 1.68. The van der Waals surface area contributed by atoms with E-state index in [4.69, 9.17) is 4.74 Å². The highest BCUT2D eigenvalue weighted by Crippen LogP contribution is 2.55. The van der Waals surface area contributed by atoms with Gasteiger partial charge in [-0.25, -0.2) is 0 Å². The van der Waals surface area contributed by atoms with Crippen molar-refractivity contribution >= 4 is 49.4 Å². The topological polar surface area (TPSA) is 12.5 Å². The van der Waals surface area contributed by atoms with Gasteiger partial charge in [0.05, 0.1) is 5.69 Å². The molecule has 0 saturated heterocycles. The minimum atomic E-state index is -0.150. The summed E-state index contributed by atoms with van der Waals surface area (Å²) in [6.07, 6.45) is 0. The minimum Gasteiger partial charge on any atom is -0.456 e. The molecule has 1 aliphatic heterocycles. The Morgan fingerprint density at radius 3 is 1.80 bits per heavy atom. The number of rotatable bonds is 4. The summed E-state index contributed by atoms with van der Waals surface area (Å²) in [5, 5.41) is 7.21. The van der Waals surface area contributed by atoms with Gasteiger partial charge in [-0.05, 0) is 108 Å². The second kappa shape index (κ2) is 12.8. The zero-order chi connectivity index (χ0) is 39.2. The Morgan fingerprint density at radius 1 is 0.373 bits per heavy atom. The maximum absolute atomic E-state index is 7.23. The van der Waals surface area contributed by atoms with Crippen LogP contribution in [0.3, 0.4) is 0 Å². The fraction of sp³-hybridized carbons (Fsp3) is 0.0526. The molecule has 59 heavy (non-hydrogen) atoms. The lowest BCUT2D eigenvalue weighted by molar-refractivity contribution is 0.488. The van der Waals surface area contributed by atoms with Crippen LogP contribution in [0, 0.1) is 0 Å². The van der Waals surface area contributed by atoms with Gasteiger partial charge in [0.2, 0.25) is 0 Å². The van der Waals surface area contributed by atoms with E-state index in [9.17, 15) is 0 Å². The van der Waals surface area contributed by atoms with Gasteiger partial charge in [0.1, 0.15) is 11.5 Å². The van der Waals surface area contributed by atoms with Crippen LogP contribution >= 0.6 is 0 Å². The van der Waals surface area contributed by atoms with Gasteiger partial charge in [-0.1, -0.05) is 166 Å². The van der Waals surface area contributed by atoms with Gasteiger partial charge >= 0.3 is 0 Å². The molecule has 1 heterocycles. The predicted octanol–water partition coefficient (Wildman–Crippen LogP) is 16.0. The third-order valence-electron chi connectivity index (χ3n) is 12.8. The molecule has 0 bridgehead atoms. The van der Waals surface area contributed by atoms with Crippen LogP contribution in [-0.2, 0) is 5.41 Å². The standard InChI is InChI=1S/C57H39NO/c1-57(2)51-26-13-12-22-45(51)46-29-27-40(34-52(46)57)58(53-32-39-19-8-9-20-42(39)44-21-10-11-23-47(44)53)41-28-30-48-49-25-14-24-43(36-15-4-3-5-16-36)56(49)50-31-37-17-6-7-18-38(37)33-54(50)59-55(48)35-41/h3-35H,1-2H3. The molecule has 2 heteroatoms. The molecule has 0 radical (unpaired) electrons. The Kier molecular flexibility index (Phi) is 7.31. The summed E-state index contributed by atoms with van der Waals surface area (Å²) in [4.78, 5) is 2.45. The number of ether oxygens (including phenoxy) is 1. The molecule has 10 aromatic carbocycles. The van der Waals surface area contributed by atoms with E-state index in [1.54, 1.807) is 0 Å². The second-order valence-corrected chi connectivity index (χ2v) is 16.5. The number of anilines is 3. The second-order valence-electron chi connectivity index (χ2n) is 16.5. The van der Waals surface area contributed by atoms with Gasteiger partial charge in [-0.15, -0.1) is 0 Å². The molecule has 278 valence electrons. The summed E-state index contributed by atoms with van der Waals surface area (Å²) in [6.45, 7) is 4.71. The zero-order valence-electron chi connectivity index (χ0n) is 32.9. The molecular weight excluding hydrogens is 715 g/mol. The van der Waals surface area contributed by atoms with Crippen molar-refractivity contribution in [2.24, 2.45) is 0 Å². The highest BCUT2D eigenvalue weighted by molar-refractivity contribution is 6.15. The van der Waals surface area contributed by atoms with Gasteiger partial charge in [0, 0.05) is 44.9 Å². The summed E-state index contributed by atoms with van der Waals surface area (Å²) in [5.41, 5.74) is 15.3. The molecule has 10 aromatic rings. The van der Waals surface area contributed by atoms with E-state index in [0.717, 1.165) is 50.6 Å². The van der Waals surface area contributed by atoms with Crippen molar-refractivity contribution in [1.82, 2.24) is 0 Å². The highest BCUT2D eigenvalue weighted by Gasteiger charge is 2.36. The molecule has 1 aliphatic carbocycles. The van der Waals surface area contributed by atoms with Gasteiger partial charge in [0.15, 0.2) is 0 Å². The van der Waals surface area contributed by atoms with Gasteiger partial charge in [-0.2, -0.15) is 0 Å². The van der Waals surface area contributed by atoms with E-state index in [-0.39, 0.29) is 5.41 Å². The van der Waals surface area contributed by atoms with E-state index in [2.05, 4.69) is 219 Å². The Hall–Kier alpha value is -7.42. The Labute approximate surface area is 344 Å². The Morgan fingerprint density at radius 2 is 0.966 bits per heavy atom. The monoisotopic (exact) mass is 753 g/mol. The molecule has 0 unspecified atom stereocenters.